The van der Waals surface area contributed by atoms with E-state index in [0.29, 0.717) is 13.0 Å². The summed E-state index contributed by atoms with van der Waals surface area (Å²) in [6, 6.07) is 0. The van der Waals surface area contributed by atoms with Gasteiger partial charge in [-0.15, -0.1) is 0 Å². The van der Waals surface area contributed by atoms with E-state index in [1.165, 1.54) is 5.57 Å². The maximum absolute atomic E-state index is 11.2. The summed E-state index contributed by atoms with van der Waals surface area (Å²) in [6.07, 6.45) is 4.40. The first kappa shape index (κ1) is 14.9. The Balaban J connectivity index is 4.09. The summed E-state index contributed by atoms with van der Waals surface area (Å²) >= 11 is 0. The lowest BCUT2D eigenvalue weighted by Gasteiger charge is -2.15. The molecule has 2 nitrogen and oxygen atoms in total. The topological polar surface area (TPSA) is 26.3 Å². The van der Waals surface area contributed by atoms with Crippen LogP contribution >= 0.6 is 0 Å². The molecule has 0 saturated carbocycles. The van der Waals surface area contributed by atoms with E-state index in [4.69, 9.17) is 4.74 Å². The Morgan fingerprint density at radius 3 is 2.44 bits per heavy atom. The van der Waals surface area contributed by atoms with E-state index >= 15 is 0 Å². The zero-order chi connectivity index (χ0) is 12.6. The van der Waals surface area contributed by atoms with Crippen LogP contribution in [0.15, 0.2) is 23.8 Å². The monoisotopic (exact) mass is 224 g/mol. The van der Waals surface area contributed by atoms with Crippen molar-refractivity contribution >= 4 is 5.97 Å². The van der Waals surface area contributed by atoms with Crippen molar-refractivity contribution in [2.45, 2.75) is 47.0 Å². The molecule has 92 valence electrons. The molecule has 0 N–H and O–H groups in total. The molecule has 0 aromatic rings. The minimum absolute atomic E-state index is 0.106. The highest BCUT2D eigenvalue weighted by Gasteiger charge is 2.11. The molecule has 1 atom stereocenters. The van der Waals surface area contributed by atoms with Crippen molar-refractivity contribution in [3.05, 3.63) is 23.8 Å². The Morgan fingerprint density at radius 1 is 1.38 bits per heavy atom. The van der Waals surface area contributed by atoms with Crippen LogP contribution in [-0.4, -0.2) is 12.6 Å². The van der Waals surface area contributed by atoms with Gasteiger partial charge in [-0.05, 0) is 33.6 Å². The lowest BCUT2D eigenvalue weighted by Crippen LogP contribution is -2.14. The second-order valence-corrected chi connectivity index (χ2v) is 4.49. The van der Waals surface area contributed by atoms with Gasteiger partial charge in [0, 0.05) is 12.3 Å². The molecule has 16 heavy (non-hydrogen) atoms. The lowest BCUT2D eigenvalue weighted by molar-refractivity contribution is -0.144. The Hall–Kier alpha value is -1.05. The molecular weight excluding hydrogens is 200 g/mol. The molecule has 0 rings (SSSR count). The predicted octanol–water partition coefficient (Wildman–Crippen LogP) is 3.88. The zero-order valence-corrected chi connectivity index (χ0v) is 11.0. The first-order valence-electron chi connectivity index (χ1n) is 5.91. The van der Waals surface area contributed by atoms with Crippen LogP contribution in [0.2, 0.25) is 0 Å². The molecule has 0 aliphatic heterocycles. The van der Waals surface area contributed by atoms with Gasteiger partial charge in [0.05, 0.1) is 6.61 Å². The molecule has 0 bridgehead atoms. The fourth-order valence-electron chi connectivity index (χ4n) is 1.26. The van der Waals surface area contributed by atoms with Crippen molar-refractivity contribution in [2.75, 3.05) is 6.61 Å². The Kier molecular flexibility index (Phi) is 7.61. The highest BCUT2D eigenvalue weighted by molar-refractivity contribution is 5.69. The standard InChI is InChI=1S/C14H24O2/c1-6-7-14(15)16-10-13(12(4)5)9-8-11(2)3/h8,13H,4,6-7,9-10H2,1-3,5H3. The summed E-state index contributed by atoms with van der Waals surface area (Å²) in [5.74, 6) is 0.140. The largest absolute Gasteiger partial charge is 0.465 e. The molecule has 0 saturated heterocycles. The molecule has 0 heterocycles. The summed E-state index contributed by atoms with van der Waals surface area (Å²) in [4.78, 5) is 11.2. The van der Waals surface area contributed by atoms with Gasteiger partial charge in [-0.2, -0.15) is 0 Å². The van der Waals surface area contributed by atoms with Crippen LogP contribution in [0.4, 0.5) is 0 Å². The average Bonchev–Trinajstić information content (AvgIpc) is 2.17. The minimum atomic E-state index is -0.106. The first-order chi connectivity index (χ1) is 7.47. The number of hydrogen-bond acceptors (Lipinski definition) is 2. The first-order valence-corrected chi connectivity index (χ1v) is 5.91. The van der Waals surface area contributed by atoms with Gasteiger partial charge < -0.3 is 4.74 Å². The average molecular weight is 224 g/mol. The molecule has 0 radical (unpaired) electrons. The number of carbonyl (C=O) groups excluding carboxylic acids is 1. The van der Waals surface area contributed by atoms with Crippen LogP contribution in [-0.2, 0) is 9.53 Å². The van der Waals surface area contributed by atoms with Gasteiger partial charge in [-0.1, -0.05) is 30.7 Å². The summed E-state index contributed by atoms with van der Waals surface area (Å²) in [6.45, 7) is 12.5. The highest BCUT2D eigenvalue weighted by atomic mass is 16.5. The molecular formula is C14H24O2. The van der Waals surface area contributed by atoms with Gasteiger partial charge in [0.2, 0.25) is 0 Å². The highest BCUT2D eigenvalue weighted by Crippen LogP contribution is 2.15. The fourth-order valence-corrected chi connectivity index (χ4v) is 1.26. The number of allylic oxidation sites excluding steroid dienone is 2. The number of carbonyl (C=O) groups is 1. The van der Waals surface area contributed by atoms with Crippen molar-refractivity contribution < 1.29 is 9.53 Å². The number of ether oxygens (including phenoxy) is 1. The minimum Gasteiger partial charge on any atom is -0.465 e. The summed E-state index contributed by atoms with van der Waals surface area (Å²) in [7, 11) is 0. The molecule has 0 aliphatic rings. The van der Waals surface area contributed by atoms with Gasteiger partial charge >= 0.3 is 5.97 Å². The quantitative estimate of drug-likeness (QED) is 0.484. The molecule has 1 unspecified atom stereocenters. The second kappa shape index (κ2) is 8.14. The van der Waals surface area contributed by atoms with Gasteiger partial charge in [-0.3, -0.25) is 4.79 Å². The molecule has 0 aliphatic carbocycles. The summed E-state index contributed by atoms with van der Waals surface area (Å²) in [5, 5.41) is 0. The van der Waals surface area contributed by atoms with E-state index in [1.807, 2.05) is 13.8 Å². The van der Waals surface area contributed by atoms with E-state index in [1.54, 1.807) is 0 Å². The third-order valence-corrected chi connectivity index (χ3v) is 2.41. The van der Waals surface area contributed by atoms with Crippen LogP contribution in [0.1, 0.15) is 47.0 Å². The van der Waals surface area contributed by atoms with E-state index in [9.17, 15) is 4.79 Å². The maximum atomic E-state index is 11.2. The third kappa shape index (κ3) is 7.27. The summed E-state index contributed by atoms with van der Waals surface area (Å²) < 4.78 is 5.21. The molecule has 2 heteroatoms. The fraction of sp³-hybridized carbons (Fsp3) is 0.643. The Labute approximate surface area is 99.4 Å². The molecule has 0 spiro atoms. The Bertz CT molecular complexity index is 260. The molecule has 0 amide bonds. The van der Waals surface area contributed by atoms with Gasteiger partial charge in [0.15, 0.2) is 0 Å². The van der Waals surface area contributed by atoms with Crippen molar-refractivity contribution in [1.82, 2.24) is 0 Å². The third-order valence-electron chi connectivity index (χ3n) is 2.41. The normalized spacial score (nSPS) is 11.8. The van der Waals surface area contributed by atoms with E-state index in [2.05, 4.69) is 26.5 Å². The van der Waals surface area contributed by atoms with Crippen molar-refractivity contribution in [3.63, 3.8) is 0 Å². The van der Waals surface area contributed by atoms with Crippen LogP contribution in [0.3, 0.4) is 0 Å². The zero-order valence-electron chi connectivity index (χ0n) is 11.0. The van der Waals surface area contributed by atoms with Crippen molar-refractivity contribution in [1.29, 1.82) is 0 Å². The van der Waals surface area contributed by atoms with Crippen molar-refractivity contribution in [2.24, 2.45) is 5.92 Å². The molecule has 0 aromatic heterocycles. The van der Waals surface area contributed by atoms with E-state index in [0.717, 1.165) is 18.4 Å². The number of rotatable bonds is 7. The predicted molar refractivity (Wildman–Crippen MR) is 68.2 cm³/mol. The second-order valence-electron chi connectivity index (χ2n) is 4.49. The smallest absolute Gasteiger partial charge is 0.305 e. The van der Waals surface area contributed by atoms with Gasteiger partial charge in [0.1, 0.15) is 0 Å². The summed E-state index contributed by atoms with van der Waals surface area (Å²) in [5.41, 5.74) is 2.35. The van der Waals surface area contributed by atoms with Crippen LogP contribution in [0.25, 0.3) is 0 Å². The van der Waals surface area contributed by atoms with E-state index < -0.39 is 0 Å². The molecule has 0 aromatic carbocycles. The van der Waals surface area contributed by atoms with Crippen LogP contribution < -0.4 is 0 Å². The van der Waals surface area contributed by atoms with Crippen LogP contribution in [0, 0.1) is 5.92 Å². The number of hydrogen-bond donors (Lipinski definition) is 0. The van der Waals surface area contributed by atoms with Gasteiger partial charge in [-0.25, -0.2) is 0 Å². The number of esters is 1. The van der Waals surface area contributed by atoms with Crippen LogP contribution in [0.5, 0.6) is 0 Å². The van der Waals surface area contributed by atoms with Crippen molar-refractivity contribution in [3.8, 4) is 0 Å². The SMILES string of the molecule is C=C(C)C(CC=C(C)C)COC(=O)CCC. The van der Waals surface area contributed by atoms with E-state index in [-0.39, 0.29) is 11.9 Å². The lowest BCUT2D eigenvalue weighted by atomic mass is 9.98. The maximum Gasteiger partial charge on any atom is 0.305 e. The Morgan fingerprint density at radius 2 is 2.00 bits per heavy atom. The molecule has 0 fully saturated rings. The van der Waals surface area contributed by atoms with Gasteiger partial charge in [0.25, 0.3) is 0 Å².